The van der Waals surface area contributed by atoms with Gasteiger partial charge >= 0.3 is 0 Å². The Bertz CT molecular complexity index is 351. The summed E-state index contributed by atoms with van der Waals surface area (Å²) in [5.41, 5.74) is 6.28. The Morgan fingerprint density at radius 1 is 1.19 bits per heavy atom. The lowest BCUT2D eigenvalue weighted by atomic mass is 9.92. The van der Waals surface area contributed by atoms with Crippen molar-refractivity contribution in [2.45, 2.75) is 31.7 Å². The highest BCUT2D eigenvalue weighted by Gasteiger charge is 2.25. The number of hydrogen-bond donors (Lipinski definition) is 1. The van der Waals surface area contributed by atoms with Gasteiger partial charge in [0.1, 0.15) is 11.6 Å². The van der Waals surface area contributed by atoms with Crippen molar-refractivity contribution in [2.75, 3.05) is 0 Å². The molecule has 4 heteroatoms. The van der Waals surface area contributed by atoms with E-state index in [1.54, 1.807) is 0 Å². The molecule has 0 aliphatic heterocycles. The summed E-state index contributed by atoms with van der Waals surface area (Å²) in [6, 6.07) is 3.14. The third-order valence-electron chi connectivity index (χ3n) is 3.22. The van der Waals surface area contributed by atoms with Crippen molar-refractivity contribution in [2.24, 2.45) is 11.7 Å². The molecule has 16 heavy (non-hydrogen) atoms. The molecule has 1 unspecified atom stereocenters. The average molecular weight is 248 g/mol. The Kier molecular flexibility index (Phi) is 4.69. The lowest BCUT2D eigenvalue weighted by Gasteiger charge is -2.19. The zero-order valence-electron chi connectivity index (χ0n) is 8.96. The number of rotatable bonds is 2. The van der Waals surface area contributed by atoms with Gasteiger partial charge in [-0.3, -0.25) is 0 Å². The van der Waals surface area contributed by atoms with E-state index in [-0.39, 0.29) is 18.4 Å². The summed E-state index contributed by atoms with van der Waals surface area (Å²) >= 11 is 0. The molecular weight excluding hydrogens is 232 g/mol. The minimum atomic E-state index is -0.417. The second-order valence-corrected chi connectivity index (χ2v) is 4.24. The third-order valence-corrected chi connectivity index (χ3v) is 3.22. The smallest absolute Gasteiger partial charge is 0.128 e. The molecule has 1 fully saturated rings. The van der Waals surface area contributed by atoms with Gasteiger partial charge in [0.25, 0.3) is 0 Å². The van der Waals surface area contributed by atoms with E-state index >= 15 is 0 Å². The first-order valence-corrected chi connectivity index (χ1v) is 5.39. The molecule has 1 nitrogen and oxygen atoms in total. The summed E-state index contributed by atoms with van der Waals surface area (Å²) in [7, 11) is 0. The molecule has 2 rings (SSSR count). The van der Waals surface area contributed by atoms with Crippen LogP contribution in [0.2, 0.25) is 0 Å². The minimum Gasteiger partial charge on any atom is -0.324 e. The molecule has 1 saturated carbocycles. The van der Waals surface area contributed by atoms with Crippen LogP contribution in [0.15, 0.2) is 18.2 Å². The van der Waals surface area contributed by atoms with Gasteiger partial charge < -0.3 is 5.73 Å². The first-order chi connectivity index (χ1) is 7.18. The maximum atomic E-state index is 13.4. The van der Waals surface area contributed by atoms with Crippen LogP contribution in [0.1, 0.15) is 37.3 Å². The van der Waals surface area contributed by atoms with E-state index in [0.29, 0.717) is 11.5 Å². The second-order valence-electron chi connectivity index (χ2n) is 4.24. The van der Waals surface area contributed by atoms with Crippen LogP contribution in [0.25, 0.3) is 0 Å². The average Bonchev–Trinajstić information content (AvgIpc) is 2.74. The summed E-state index contributed by atoms with van der Waals surface area (Å²) in [4.78, 5) is 0. The van der Waals surface area contributed by atoms with Gasteiger partial charge in [-0.1, -0.05) is 12.8 Å². The van der Waals surface area contributed by atoms with Gasteiger partial charge in [0.05, 0.1) is 0 Å². The first-order valence-electron chi connectivity index (χ1n) is 5.39. The zero-order valence-corrected chi connectivity index (χ0v) is 9.77. The predicted octanol–water partition coefficient (Wildman–Crippen LogP) is 3.58. The lowest BCUT2D eigenvalue weighted by Crippen LogP contribution is -2.20. The molecule has 1 aliphatic carbocycles. The largest absolute Gasteiger partial charge is 0.324 e. The fraction of sp³-hybridized carbons (Fsp3) is 0.500. The minimum absolute atomic E-state index is 0. The van der Waals surface area contributed by atoms with Crippen molar-refractivity contribution in [1.29, 1.82) is 0 Å². The topological polar surface area (TPSA) is 26.0 Å². The Balaban J connectivity index is 0.00000128. The third kappa shape index (κ3) is 2.71. The molecule has 1 atom stereocenters. The molecule has 0 heterocycles. The van der Waals surface area contributed by atoms with Gasteiger partial charge in [-0.05, 0) is 37.0 Å². The maximum absolute atomic E-state index is 13.4. The fourth-order valence-electron chi connectivity index (χ4n) is 2.34. The van der Waals surface area contributed by atoms with Gasteiger partial charge in [0.15, 0.2) is 0 Å². The van der Waals surface area contributed by atoms with Gasteiger partial charge in [-0.2, -0.15) is 0 Å². The van der Waals surface area contributed by atoms with E-state index in [9.17, 15) is 8.78 Å². The molecule has 90 valence electrons. The molecule has 0 spiro atoms. The highest BCUT2D eigenvalue weighted by atomic mass is 35.5. The molecule has 0 bridgehead atoms. The summed E-state index contributed by atoms with van der Waals surface area (Å²) in [6.07, 6.45) is 4.35. The first kappa shape index (κ1) is 13.4. The van der Waals surface area contributed by atoms with Gasteiger partial charge in [-0.25, -0.2) is 8.78 Å². The normalized spacial score (nSPS) is 18.2. The zero-order chi connectivity index (χ0) is 10.8. The van der Waals surface area contributed by atoms with E-state index in [1.165, 1.54) is 6.07 Å². The van der Waals surface area contributed by atoms with Crippen LogP contribution in [-0.4, -0.2) is 0 Å². The lowest BCUT2D eigenvalue weighted by molar-refractivity contribution is 0.426. The van der Waals surface area contributed by atoms with E-state index in [2.05, 4.69) is 0 Å². The predicted molar refractivity (Wildman–Crippen MR) is 62.5 cm³/mol. The Morgan fingerprint density at radius 2 is 1.81 bits per heavy atom. The number of nitrogens with two attached hydrogens (primary N) is 1. The number of hydrogen-bond acceptors (Lipinski definition) is 1. The SMILES string of the molecule is Cl.NC(c1cc(F)ccc1F)C1CCCC1. The van der Waals surface area contributed by atoms with Crippen molar-refractivity contribution >= 4 is 12.4 Å². The van der Waals surface area contributed by atoms with E-state index in [4.69, 9.17) is 5.73 Å². The summed E-state index contributed by atoms with van der Waals surface area (Å²) < 4.78 is 26.4. The van der Waals surface area contributed by atoms with Crippen LogP contribution in [0.5, 0.6) is 0 Å². The molecule has 1 aromatic rings. The molecule has 0 radical (unpaired) electrons. The van der Waals surface area contributed by atoms with E-state index in [1.807, 2.05) is 0 Å². The van der Waals surface area contributed by atoms with Crippen molar-refractivity contribution in [3.8, 4) is 0 Å². The standard InChI is InChI=1S/C12H15F2N.ClH/c13-9-5-6-11(14)10(7-9)12(15)8-3-1-2-4-8;/h5-8,12H,1-4,15H2;1H. The Labute approximate surface area is 100 Å². The van der Waals surface area contributed by atoms with Crippen LogP contribution >= 0.6 is 12.4 Å². The summed E-state index contributed by atoms with van der Waals surface area (Å²) in [6.45, 7) is 0. The van der Waals surface area contributed by atoms with Crippen LogP contribution in [0.4, 0.5) is 8.78 Å². The van der Waals surface area contributed by atoms with E-state index in [0.717, 1.165) is 37.8 Å². The fourth-order valence-corrected chi connectivity index (χ4v) is 2.34. The summed E-state index contributed by atoms with van der Waals surface area (Å²) in [5, 5.41) is 0. The highest BCUT2D eigenvalue weighted by Crippen LogP contribution is 2.35. The van der Waals surface area contributed by atoms with Crippen LogP contribution < -0.4 is 5.73 Å². The van der Waals surface area contributed by atoms with Crippen molar-refractivity contribution < 1.29 is 8.78 Å². The molecule has 0 amide bonds. The quantitative estimate of drug-likeness (QED) is 0.850. The molecule has 0 aromatic heterocycles. The van der Waals surface area contributed by atoms with Gasteiger partial charge in [0, 0.05) is 11.6 Å². The van der Waals surface area contributed by atoms with Crippen LogP contribution in [0.3, 0.4) is 0 Å². The summed E-state index contributed by atoms with van der Waals surface area (Å²) in [5.74, 6) is -0.503. The van der Waals surface area contributed by atoms with Crippen molar-refractivity contribution in [1.82, 2.24) is 0 Å². The molecule has 0 saturated heterocycles. The number of benzene rings is 1. The monoisotopic (exact) mass is 247 g/mol. The van der Waals surface area contributed by atoms with Crippen molar-refractivity contribution in [3.63, 3.8) is 0 Å². The Morgan fingerprint density at radius 3 is 2.44 bits per heavy atom. The van der Waals surface area contributed by atoms with E-state index < -0.39 is 11.6 Å². The van der Waals surface area contributed by atoms with Gasteiger partial charge in [-0.15, -0.1) is 12.4 Å². The number of halogens is 3. The molecule has 1 aliphatic rings. The molecule has 2 N–H and O–H groups in total. The Hall–Kier alpha value is -0.670. The van der Waals surface area contributed by atoms with Crippen molar-refractivity contribution in [3.05, 3.63) is 35.4 Å². The van der Waals surface area contributed by atoms with Gasteiger partial charge in [0.2, 0.25) is 0 Å². The molecular formula is C12H16ClF2N. The van der Waals surface area contributed by atoms with Crippen LogP contribution in [-0.2, 0) is 0 Å². The second kappa shape index (κ2) is 5.60. The van der Waals surface area contributed by atoms with Crippen LogP contribution in [0, 0.1) is 17.6 Å². The highest BCUT2D eigenvalue weighted by molar-refractivity contribution is 5.85. The maximum Gasteiger partial charge on any atom is 0.128 e. The molecule has 1 aromatic carbocycles.